The summed E-state index contributed by atoms with van der Waals surface area (Å²) in [5.41, 5.74) is 9.47. The molecule has 12 heteroatoms. The second-order valence-corrected chi connectivity index (χ2v) is 19.1. The fourth-order valence-electron chi connectivity index (χ4n) is 5.19. The largest absolute Gasteiger partial charge is 0.399 e. The molecule has 10 nitrogen and oxygen atoms in total. The minimum atomic E-state index is -1.22. The Kier molecular flexibility index (Phi) is 8.54. The second kappa shape index (κ2) is 12.5. The van der Waals surface area contributed by atoms with Crippen LogP contribution in [0, 0.1) is 6.92 Å². The van der Waals surface area contributed by atoms with Crippen molar-refractivity contribution in [3.8, 4) is 5.69 Å². The van der Waals surface area contributed by atoms with Crippen molar-refractivity contribution in [2.45, 2.75) is 62.1 Å². The highest BCUT2D eigenvalue weighted by Crippen LogP contribution is 2.38. The lowest BCUT2D eigenvalue weighted by Crippen LogP contribution is -2.29. The summed E-state index contributed by atoms with van der Waals surface area (Å²) in [4.78, 5) is 25.3. The zero-order valence-corrected chi connectivity index (χ0v) is 28.0. The van der Waals surface area contributed by atoms with Crippen molar-refractivity contribution in [3.63, 3.8) is 0 Å². The van der Waals surface area contributed by atoms with Crippen LogP contribution < -0.4 is 16.6 Å². The van der Waals surface area contributed by atoms with Crippen LogP contribution in [0.15, 0.2) is 94.0 Å². The Balaban J connectivity index is 1.41. The molecule has 6 aromatic rings. The van der Waals surface area contributed by atoms with Gasteiger partial charge < -0.3 is 20.4 Å². The molecule has 0 saturated carbocycles. The summed E-state index contributed by atoms with van der Waals surface area (Å²) < 4.78 is 11.5. The molecule has 0 aliphatic carbocycles. The standard InChI is InChI=1S/C33H38N8O2SSi/c1-22-15-16-40-29(22)33(42)41(25-9-7-6-8-10-25)31(38-40)23(2)37-30-28-27(44-26-13-11-24(34)12-14-26)19-39(32(28)36-20-35-30)21-43-17-18-45(3,4)5/h6-16,19-20,23H,17-18,21,34H2,1-5H3,(H,35,36,37). The van der Waals surface area contributed by atoms with Gasteiger partial charge in [-0.2, -0.15) is 5.10 Å². The summed E-state index contributed by atoms with van der Waals surface area (Å²) in [7, 11) is -1.22. The molecular weight excluding hydrogens is 601 g/mol. The maximum Gasteiger partial charge on any atom is 0.282 e. The maximum absolute atomic E-state index is 13.9. The van der Waals surface area contributed by atoms with Crippen molar-refractivity contribution >= 4 is 47.9 Å². The number of nitrogens with one attached hydrogen (secondary N) is 1. The minimum Gasteiger partial charge on any atom is -0.399 e. The minimum absolute atomic E-state index is 0.128. The van der Waals surface area contributed by atoms with Gasteiger partial charge in [-0.25, -0.2) is 14.5 Å². The number of hydrogen-bond acceptors (Lipinski definition) is 8. The number of nitrogens with two attached hydrogens (primary N) is 1. The Hall–Kier alpha value is -4.39. The van der Waals surface area contributed by atoms with Crippen molar-refractivity contribution in [1.29, 1.82) is 0 Å². The number of hydrogen-bond donors (Lipinski definition) is 2. The fraction of sp³-hybridized carbons (Fsp3) is 0.273. The van der Waals surface area contributed by atoms with E-state index in [1.807, 2.05) is 85.3 Å². The van der Waals surface area contributed by atoms with Crippen LogP contribution in [-0.4, -0.2) is 43.4 Å². The van der Waals surface area contributed by atoms with Crippen LogP contribution in [0.4, 0.5) is 11.5 Å². The molecular formula is C33H38N8O2SSi. The number of fused-ring (bicyclic) bond motifs is 2. The van der Waals surface area contributed by atoms with E-state index < -0.39 is 14.1 Å². The number of para-hydroxylation sites is 1. The van der Waals surface area contributed by atoms with Crippen LogP contribution in [0.2, 0.25) is 25.7 Å². The normalized spacial score (nSPS) is 12.6. The highest BCUT2D eigenvalue weighted by Gasteiger charge is 2.23. The number of aromatic nitrogens is 6. The number of aryl methyl sites for hydroxylation is 1. The predicted molar refractivity (Wildman–Crippen MR) is 184 cm³/mol. The molecule has 4 heterocycles. The molecule has 45 heavy (non-hydrogen) atoms. The number of ether oxygens (including phenoxy) is 1. The van der Waals surface area contributed by atoms with Crippen LogP contribution in [0.5, 0.6) is 0 Å². The number of anilines is 2. The van der Waals surface area contributed by atoms with Gasteiger partial charge in [-0.15, -0.1) is 0 Å². The van der Waals surface area contributed by atoms with E-state index in [9.17, 15) is 4.79 Å². The highest BCUT2D eigenvalue weighted by molar-refractivity contribution is 7.99. The molecule has 1 unspecified atom stereocenters. The van der Waals surface area contributed by atoms with Crippen molar-refractivity contribution in [2.75, 3.05) is 17.7 Å². The molecule has 2 aromatic carbocycles. The smallest absolute Gasteiger partial charge is 0.282 e. The molecule has 3 N–H and O–H groups in total. The maximum atomic E-state index is 13.9. The summed E-state index contributed by atoms with van der Waals surface area (Å²) in [6.07, 6.45) is 5.45. The predicted octanol–water partition coefficient (Wildman–Crippen LogP) is 6.76. The average molecular weight is 639 g/mol. The number of nitrogens with zero attached hydrogens (tertiary/aromatic N) is 6. The summed E-state index contributed by atoms with van der Waals surface area (Å²) >= 11 is 1.61. The zero-order chi connectivity index (χ0) is 31.7. The molecule has 0 radical (unpaired) electrons. The first-order chi connectivity index (χ1) is 21.6. The van der Waals surface area contributed by atoms with E-state index in [1.54, 1.807) is 27.2 Å². The van der Waals surface area contributed by atoms with Crippen LogP contribution in [0.1, 0.15) is 24.4 Å². The van der Waals surface area contributed by atoms with Gasteiger partial charge in [0.25, 0.3) is 5.56 Å². The van der Waals surface area contributed by atoms with Crippen molar-refractivity contribution in [1.82, 2.24) is 28.7 Å². The average Bonchev–Trinajstić information content (AvgIpc) is 3.56. The molecule has 0 spiro atoms. The Morgan fingerprint density at radius 2 is 1.80 bits per heavy atom. The molecule has 232 valence electrons. The summed E-state index contributed by atoms with van der Waals surface area (Å²) in [5.74, 6) is 1.20. The summed E-state index contributed by atoms with van der Waals surface area (Å²) in [5, 5.41) is 9.36. The van der Waals surface area contributed by atoms with Crippen LogP contribution in [0.3, 0.4) is 0 Å². The highest BCUT2D eigenvalue weighted by atomic mass is 32.2. The van der Waals surface area contributed by atoms with E-state index in [2.05, 4.69) is 36.1 Å². The Bertz CT molecular complexity index is 2010. The van der Waals surface area contributed by atoms with E-state index in [4.69, 9.17) is 20.6 Å². The number of nitrogen functional groups attached to an aromatic ring is 1. The fourth-order valence-corrected chi connectivity index (χ4v) is 6.94. The molecule has 0 aliphatic heterocycles. The van der Waals surface area contributed by atoms with E-state index in [0.29, 0.717) is 36.2 Å². The summed E-state index contributed by atoms with van der Waals surface area (Å²) in [6, 6.07) is 20.0. The van der Waals surface area contributed by atoms with Crippen LogP contribution in [0.25, 0.3) is 22.2 Å². The lowest BCUT2D eigenvalue weighted by atomic mass is 10.2. The summed E-state index contributed by atoms with van der Waals surface area (Å²) in [6.45, 7) is 12.0. The molecule has 0 aliphatic rings. The van der Waals surface area contributed by atoms with Crippen molar-refractivity contribution in [2.24, 2.45) is 0 Å². The first-order valence-electron chi connectivity index (χ1n) is 15.0. The van der Waals surface area contributed by atoms with Gasteiger partial charge >= 0.3 is 0 Å². The van der Waals surface area contributed by atoms with Gasteiger partial charge in [0, 0.05) is 42.6 Å². The Labute approximate surface area is 267 Å². The van der Waals surface area contributed by atoms with Gasteiger partial charge in [-0.05, 0) is 67.9 Å². The zero-order valence-electron chi connectivity index (χ0n) is 26.2. The monoisotopic (exact) mass is 638 g/mol. The third kappa shape index (κ3) is 6.53. The Morgan fingerprint density at radius 1 is 1.04 bits per heavy atom. The molecule has 0 bridgehead atoms. The Morgan fingerprint density at radius 3 is 2.53 bits per heavy atom. The molecule has 4 aromatic heterocycles. The lowest BCUT2D eigenvalue weighted by Gasteiger charge is -2.20. The molecule has 0 amide bonds. The van der Waals surface area contributed by atoms with Gasteiger partial charge in [0.15, 0.2) is 5.82 Å². The molecule has 0 saturated heterocycles. The van der Waals surface area contributed by atoms with Gasteiger partial charge in [-0.3, -0.25) is 9.36 Å². The van der Waals surface area contributed by atoms with E-state index >= 15 is 0 Å². The van der Waals surface area contributed by atoms with Crippen molar-refractivity contribution < 1.29 is 4.74 Å². The van der Waals surface area contributed by atoms with Gasteiger partial charge in [0.2, 0.25) is 0 Å². The molecule has 6 rings (SSSR count). The topological polar surface area (TPSA) is 117 Å². The van der Waals surface area contributed by atoms with Crippen LogP contribution >= 0.6 is 11.8 Å². The van der Waals surface area contributed by atoms with Gasteiger partial charge in [0.1, 0.15) is 30.0 Å². The number of benzene rings is 2. The quantitative estimate of drug-likeness (QED) is 0.0909. The van der Waals surface area contributed by atoms with E-state index in [0.717, 1.165) is 38.1 Å². The van der Waals surface area contributed by atoms with E-state index in [-0.39, 0.29) is 5.56 Å². The lowest BCUT2D eigenvalue weighted by molar-refractivity contribution is 0.0896. The first kappa shape index (κ1) is 30.6. The third-order valence-electron chi connectivity index (χ3n) is 7.62. The van der Waals surface area contributed by atoms with E-state index in [1.165, 1.54) is 0 Å². The van der Waals surface area contributed by atoms with Gasteiger partial charge in [0.05, 0.1) is 17.1 Å². The van der Waals surface area contributed by atoms with Gasteiger partial charge in [-0.1, -0.05) is 49.6 Å². The second-order valence-electron chi connectivity index (χ2n) is 12.4. The van der Waals surface area contributed by atoms with Crippen LogP contribution in [-0.2, 0) is 11.5 Å². The number of rotatable bonds is 11. The molecule has 1 atom stereocenters. The third-order valence-corrected chi connectivity index (χ3v) is 10.4. The first-order valence-corrected chi connectivity index (χ1v) is 19.5. The van der Waals surface area contributed by atoms with Crippen molar-refractivity contribution in [3.05, 3.63) is 101 Å². The SMILES string of the molecule is Cc1ccn2nc(C(C)Nc3ncnc4c3c(Sc3ccc(N)cc3)cn4COCC[Si](C)(C)C)n(-c3ccccc3)c(=O)c12. The molecule has 0 fully saturated rings.